The molecule has 6 nitrogen and oxygen atoms in total. The van der Waals surface area contributed by atoms with Crippen LogP contribution in [0.2, 0.25) is 0 Å². The maximum absolute atomic E-state index is 13.1. The van der Waals surface area contributed by atoms with Gasteiger partial charge in [0.15, 0.2) is 0 Å². The standard InChI is InChI=1S/C23H26N2O4/c1-5-14-25-22(26)20(16-10-12-17(13-11-16)29-15(2)3)21(23(25)27)24-18-8-6-7-9-19(18)28-4/h6-13,15,24H,5,14H2,1-4H3. The van der Waals surface area contributed by atoms with Crippen LogP contribution in [0.4, 0.5) is 5.69 Å². The van der Waals surface area contributed by atoms with Gasteiger partial charge in [-0.15, -0.1) is 0 Å². The SMILES string of the molecule is CCCN1C(=O)C(Nc2ccccc2OC)=C(c2ccc(OC(C)C)cc2)C1=O. The first kappa shape index (κ1) is 20.5. The molecule has 2 aromatic carbocycles. The lowest BCUT2D eigenvalue weighted by atomic mass is 10.0. The molecule has 0 unspecified atom stereocenters. The number of rotatable bonds is 8. The molecule has 0 spiro atoms. The highest BCUT2D eigenvalue weighted by Crippen LogP contribution is 2.33. The van der Waals surface area contributed by atoms with E-state index in [1.54, 1.807) is 25.3 Å². The molecule has 0 fully saturated rings. The maximum atomic E-state index is 13.1. The van der Waals surface area contributed by atoms with Crippen molar-refractivity contribution in [3.8, 4) is 11.5 Å². The van der Waals surface area contributed by atoms with Crippen molar-refractivity contribution in [3.05, 3.63) is 59.8 Å². The van der Waals surface area contributed by atoms with Crippen molar-refractivity contribution in [3.63, 3.8) is 0 Å². The van der Waals surface area contributed by atoms with Crippen LogP contribution in [0.5, 0.6) is 11.5 Å². The number of benzene rings is 2. The van der Waals surface area contributed by atoms with Crippen molar-refractivity contribution in [2.75, 3.05) is 19.0 Å². The van der Waals surface area contributed by atoms with E-state index in [9.17, 15) is 9.59 Å². The molecule has 1 heterocycles. The van der Waals surface area contributed by atoms with Crippen LogP contribution in [0, 0.1) is 0 Å². The quantitative estimate of drug-likeness (QED) is 0.683. The Labute approximate surface area is 171 Å². The average Bonchev–Trinajstić information content (AvgIpc) is 2.93. The third kappa shape index (κ3) is 4.26. The fourth-order valence-electron chi connectivity index (χ4n) is 3.24. The first-order valence-corrected chi connectivity index (χ1v) is 9.73. The highest BCUT2D eigenvalue weighted by atomic mass is 16.5. The number of carbonyl (C=O) groups excluding carboxylic acids is 2. The molecule has 0 radical (unpaired) electrons. The number of anilines is 1. The summed E-state index contributed by atoms with van der Waals surface area (Å²) in [7, 11) is 1.56. The van der Waals surface area contributed by atoms with E-state index in [1.165, 1.54) is 4.90 Å². The summed E-state index contributed by atoms with van der Waals surface area (Å²) < 4.78 is 11.1. The Morgan fingerprint density at radius 2 is 1.69 bits per heavy atom. The summed E-state index contributed by atoms with van der Waals surface area (Å²) in [4.78, 5) is 27.4. The molecule has 3 rings (SSSR count). The van der Waals surface area contributed by atoms with Gasteiger partial charge in [0.25, 0.3) is 11.8 Å². The molecular weight excluding hydrogens is 368 g/mol. The van der Waals surface area contributed by atoms with Gasteiger partial charge in [-0.2, -0.15) is 0 Å². The Morgan fingerprint density at radius 3 is 2.31 bits per heavy atom. The summed E-state index contributed by atoms with van der Waals surface area (Å²) in [5.41, 5.74) is 1.90. The first-order chi connectivity index (χ1) is 14.0. The minimum Gasteiger partial charge on any atom is -0.495 e. The van der Waals surface area contributed by atoms with Gasteiger partial charge in [-0.05, 0) is 50.1 Å². The van der Waals surface area contributed by atoms with Crippen LogP contribution >= 0.6 is 0 Å². The van der Waals surface area contributed by atoms with Crippen LogP contribution in [0.1, 0.15) is 32.8 Å². The summed E-state index contributed by atoms with van der Waals surface area (Å²) in [5, 5.41) is 3.14. The molecule has 1 N–H and O–H groups in total. The number of para-hydroxylation sites is 2. The molecule has 0 aliphatic carbocycles. The number of hydrogen-bond donors (Lipinski definition) is 1. The Hall–Kier alpha value is -3.28. The number of amides is 2. The van der Waals surface area contributed by atoms with Gasteiger partial charge in [0, 0.05) is 6.54 Å². The largest absolute Gasteiger partial charge is 0.495 e. The third-order valence-electron chi connectivity index (χ3n) is 4.50. The minimum atomic E-state index is -0.333. The van der Waals surface area contributed by atoms with Crippen LogP contribution in [0.15, 0.2) is 54.2 Å². The van der Waals surface area contributed by atoms with Crippen LogP contribution in [-0.2, 0) is 9.59 Å². The van der Waals surface area contributed by atoms with E-state index in [2.05, 4.69) is 5.32 Å². The van der Waals surface area contributed by atoms with Crippen molar-refractivity contribution in [2.24, 2.45) is 0 Å². The predicted molar refractivity (Wildman–Crippen MR) is 113 cm³/mol. The average molecular weight is 394 g/mol. The van der Waals surface area contributed by atoms with E-state index in [1.807, 2.05) is 51.1 Å². The lowest BCUT2D eigenvalue weighted by Gasteiger charge is -2.14. The number of methoxy groups -OCH3 is 1. The molecule has 1 aliphatic rings. The van der Waals surface area contributed by atoms with Gasteiger partial charge >= 0.3 is 0 Å². The predicted octanol–water partition coefficient (Wildman–Crippen LogP) is 4.08. The molecular formula is C23H26N2O4. The number of nitrogens with one attached hydrogen (secondary N) is 1. The highest BCUT2D eigenvalue weighted by Gasteiger charge is 2.38. The van der Waals surface area contributed by atoms with Crippen molar-refractivity contribution in [1.82, 2.24) is 4.90 Å². The van der Waals surface area contributed by atoms with Gasteiger partial charge in [-0.1, -0.05) is 31.2 Å². The number of ether oxygens (including phenoxy) is 2. The molecule has 2 amide bonds. The van der Waals surface area contributed by atoms with Crippen LogP contribution < -0.4 is 14.8 Å². The first-order valence-electron chi connectivity index (χ1n) is 9.73. The summed E-state index contributed by atoms with van der Waals surface area (Å²) in [6.07, 6.45) is 0.742. The molecule has 152 valence electrons. The molecule has 29 heavy (non-hydrogen) atoms. The second-order valence-corrected chi connectivity index (χ2v) is 7.03. The zero-order chi connectivity index (χ0) is 21.0. The summed E-state index contributed by atoms with van der Waals surface area (Å²) >= 11 is 0. The zero-order valence-corrected chi connectivity index (χ0v) is 17.2. The Bertz CT molecular complexity index is 932. The fourth-order valence-corrected chi connectivity index (χ4v) is 3.24. The van der Waals surface area contributed by atoms with Gasteiger partial charge in [-0.25, -0.2) is 0 Å². The van der Waals surface area contributed by atoms with Crippen molar-refractivity contribution in [2.45, 2.75) is 33.3 Å². The monoisotopic (exact) mass is 394 g/mol. The van der Waals surface area contributed by atoms with Crippen LogP contribution in [0.3, 0.4) is 0 Å². The number of hydrogen-bond acceptors (Lipinski definition) is 5. The number of nitrogens with zero attached hydrogens (tertiary/aromatic N) is 1. The Kier molecular flexibility index (Phi) is 6.22. The minimum absolute atomic E-state index is 0.0533. The second-order valence-electron chi connectivity index (χ2n) is 7.03. The van der Waals surface area contributed by atoms with E-state index < -0.39 is 0 Å². The normalized spacial score (nSPS) is 14.0. The van der Waals surface area contributed by atoms with Gasteiger partial charge in [0.1, 0.15) is 17.2 Å². The molecule has 2 aromatic rings. The summed E-state index contributed by atoms with van der Waals surface area (Å²) in [6.45, 7) is 6.21. The van der Waals surface area contributed by atoms with E-state index in [0.29, 0.717) is 41.3 Å². The third-order valence-corrected chi connectivity index (χ3v) is 4.50. The molecule has 0 aromatic heterocycles. The summed E-state index contributed by atoms with van der Waals surface area (Å²) in [5.74, 6) is 0.673. The number of imide groups is 1. The zero-order valence-electron chi connectivity index (χ0n) is 17.2. The van der Waals surface area contributed by atoms with E-state index >= 15 is 0 Å². The molecule has 0 saturated carbocycles. The van der Waals surface area contributed by atoms with Crippen molar-refractivity contribution in [1.29, 1.82) is 0 Å². The lowest BCUT2D eigenvalue weighted by Crippen LogP contribution is -2.33. The van der Waals surface area contributed by atoms with Gasteiger partial charge in [-0.3, -0.25) is 14.5 Å². The highest BCUT2D eigenvalue weighted by molar-refractivity contribution is 6.36. The summed E-state index contributed by atoms with van der Waals surface area (Å²) in [6, 6.07) is 14.5. The van der Waals surface area contributed by atoms with E-state index in [4.69, 9.17) is 9.47 Å². The lowest BCUT2D eigenvalue weighted by molar-refractivity contribution is -0.136. The molecule has 0 saturated heterocycles. The Morgan fingerprint density at radius 1 is 1.00 bits per heavy atom. The second kappa shape index (κ2) is 8.82. The molecule has 1 aliphatic heterocycles. The van der Waals surface area contributed by atoms with Crippen LogP contribution in [0.25, 0.3) is 5.57 Å². The maximum Gasteiger partial charge on any atom is 0.278 e. The van der Waals surface area contributed by atoms with Gasteiger partial charge < -0.3 is 14.8 Å². The fraction of sp³-hybridized carbons (Fsp3) is 0.304. The number of carbonyl (C=O) groups is 2. The van der Waals surface area contributed by atoms with E-state index in [0.717, 1.165) is 0 Å². The topological polar surface area (TPSA) is 67.9 Å². The van der Waals surface area contributed by atoms with E-state index in [-0.39, 0.29) is 23.6 Å². The molecule has 0 atom stereocenters. The molecule has 0 bridgehead atoms. The Balaban J connectivity index is 2.03. The van der Waals surface area contributed by atoms with Crippen molar-refractivity contribution >= 4 is 23.1 Å². The van der Waals surface area contributed by atoms with Gasteiger partial charge in [0.2, 0.25) is 0 Å². The van der Waals surface area contributed by atoms with Crippen molar-refractivity contribution < 1.29 is 19.1 Å². The van der Waals surface area contributed by atoms with Gasteiger partial charge in [0.05, 0.1) is 24.5 Å². The van der Waals surface area contributed by atoms with Crippen LogP contribution in [-0.4, -0.2) is 36.5 Å². The molecule has 6 heteroatoms. The smallest absolute Gasteiger partial charge is 0.278 e.